The summed E-state index contributed by atoms with van der Waals surface area (Å²) in [5.74, 6) is -0.179. The van der Waals surface area contributed by atoms with Crippen LogP contribution < -0.4 is 0 Å². The summed E-state index contributed by atoms with van der Waals surface area (Å²) in [6.07, 6.45) is 50.7. The van der Waals surface area contributed by atoms with Gasteiger partial charge >= 0.3 is 17.9 Å². The summed E-state index contributed by atoms with van der Waals surface area (Å²) in [6, 6.07) is 0. The van der Waals surface area contributed by atoms with Gasteiger partial charge in [0.15, 0.2) is 0 Å². The van der Waals surface area contributed by atoms with E-state index in [-0.39, 0.29) is 51.1 Å². The molecule has 0 aromatic rings. The maximum atomic E-state index is 12.6. The lowest BCUT2D eigenvalue weighted by Crippen LogP contribution is -2.18. The van der Waals surface area contributed by atoms with Crippen LogP contribution in [0.25, 0.3) is 0 Å². The van der Waals surface area contributed by atoms with Crippen molar-refractivity contribution in [3.8, 4) is 0 Å². The lowest BCUT2D eigenvalue weighted by Gasteiger charge is -2.18. The van der Waals surface area contributed by atoms with Crippen LogP contribution in [0.5, 0.6) is 0 Å². The largest absolute Gasteiger partial charge is 0.469 e. The second-order valence-electron chi connectivity index (χ2n) is 19.2. The van der Waals surface area contributed by atoms with E-state index in [4.69, 9.17) is 4.74 Å². The van der Waals surface area contributed by atoms with E-state index in [1.165, 1.54) is 181 Å². The molecular formula is C58H118O8. The van der Waals surface area contributed by atoms with Crippen molar-refractivity contribution >= 4 is 17.9 Å². The normalized spacial score (nSPS) is 12.2. The molecule has 66 heavy (non-hydrogen) atoms. The van der Waals surface area contributed by atoms with Gasteiger partial charge in [-0.25, -0.2) is 0 Å². The van der Waals surface area contributed by atoms with Gasteiger partial charge in [0.05, 0.1) is 26.4 Å². The average molecular weight is 944 g/mol. The third-order valence-electron chi connectivity index (χ3n) is 12.9. The van der Waals surface area contributed by atoms with Crippen LogP contribution in [0, 0.1) is 0 Å². The van der Waals surface area contributed by atoms with Crippen LogP contribution in [-0.2, 0) is 28.6 Å². The molecule has 0 aliphatic carbocycles. The predicted molar refractivity (Wildman–Crippen MR) is 284 cm³/mol. The number of ether oxygens (including phenoxy) is 3. The molecule has 0 aromatic carbocycles. The molecule has 0 saturated heterocycles. The third kappa shape index (κ3) is 58.5. The summed E-state index contributed by atoms with van der Waals surface area (Å²) in [5.41, 5.74) is 0. The number of hydrogen-bond acceptors (Lipinski definition) is 8. The molecule has 3 unspecified atom stereocenters. The molecule has 3 atom stereocenters. The van der Waals surface area contributed by atoms with E-state index in [0.717, 1.165) is 103 Å². The second kappa shape index (κ2) is 59.5. The third-order valence-corrected chi connectivity index (χ3v) is 12.9. The minimum absolute atomic E-state index is 0. The highest BCUT2D eigenvalue weighted by atomic mass is 16.5. The van der Waals surface area contributed by atoms with Crippen molar-refractivity contribution in [2.24, 2.45) is 0 Å². The van der Waals surface area contributed by atoms with Crippen LogP contribution >= 0.6 is 0 Å². The molecule has 0 radical (unpaired) electrons. The van der Waals surface area contributed by atoms with Crippen molar-refractivity contribution in [2.45, 2.75) is 343 Å². The van der Waals surface area contributed by atoms with E-state index in [2.05, 4.69) is 30.2 Å². The van der Waals surface area contributed by atoms with Gasteiger partial charge in [-0.3, -0.25) is 14.4 Å². The number of hydrogen-bond donors (Lipinski definition) is 2. The molecule has 0 aliphatic heterocycles. The number of aliphatic hydroxyl groups is 2. The number of carbonyl (C=O) groups excluding carboxylic acids is 3. The van der Waals surface area contributed by atoms with Crippen LogP contribution in [0.15, 0.2) is 0 Å². The zero-order chi connectivity index (χ0) is 47.4. The lowest BCUT2D eigenvalue weighted by atomic mass is 10.0. The molecule has 0 spiro atoms. The molecule has 0 heterocycles. The Labute approximate surface area is 412 Å². The summed E-state index contributed by atoms with van der Waals surface area (Å²) in [6.45, 7) is 6.68. The summed E-state index contributed by atoms with van der Waals surface area (Å²) in [4.78, 5) is 34.6. The van der Waals surface area contributed by atoms with Gasteiger partial charge in [0, 0.05) is 19.3 Å². The Morgan fingerprint density at radius 2 is 0.530 bits per heavy atom. The number of esters is 3. The molecule has 0 aromatic heterocycles. The van der Waals surface area contributed by atoms with E-state index in [9.17, 15) is 24.6 Å². The van der Waals surface area contributed by atoms with Crippen molar-refractivity contribution < 1.29 is 38.8 Å². The first kappa shape index (κ1) is 70.9. The highest BCUT2D eigenvalue weighted by molar-refractivity contribution is 5.69. The molecule has 398 valence electrons. The summed E-state index contributed by atoms with van der Waals surface area (Å²) in [5, 5.41) is 20.0. The van der Waals surface area contributed by atoms with Gasteiger partial charge in [-0.2, -0.15) is 0 Å². The Balaban J connectivity index is -0.000000678. The van der Waals surface area contributed by atoms with E-state index in [1.807, 2.05) is 0 Å². The fourth-order valence-corrected chi connectivity index (χ4v) is 8.53. The number of unbranched alkanes of at least 4 members (excludes halogenated alkanes) is 30. The fraction of sp³-hybridized carbons (Fsp3) is 0.948. The maximum Gasteiger partial charge on any atom is 0.306 e. The molecule has 0 aliphatic rings. The van der Waals surface area contributed by atoms with Gasteiger partial charge in [0.2, 0.25) is 0 Å². The Morgan fingerprint density at radius 1 is 0.318 bits per heavy atom. The molecule has 0 bridgehead atoms. The fourth-order valence-electron chi connectivity index (χ4n) is 8.53. The molecule has 8 nitrogen and oxygen atoms in total. The minimum atomic E-state index is -0.0990. The van der Waals surface area contributed by atoms with Crippen LogP contribution in [-0.4, -0.2) is 60.7 Å². The lowest BCUT2D eigenvalue weighted by molar-refractivity contribution is -0.150. The first-order chi connectivity index (χ1) is 31.2. The van der Waals surface area contributed by atoms with Crippen molar-refractivity contribution in [2.75, 3.05) is 14.2 Å². The Kier molecular flexibility index (Phi) is 63.9. The van der Waals surface area contributed by atoms with Gasteiger partial charge in [0.25, 0.3) is 0 Å². The molecule has 0 amide bonds. The van der Waals surface area contributed by atoms with E-state index in [0.29, 0.717) is 19.3 Å². The van der Waals surface area contributed by atoms with Gasteiger partial charge < -0.3 is 24.4 Å². The summed E-state index contributed by atoms with van der Waals surface area (Å²) in [7, 11) is 2.90. The van der Waals surface area contributed by atoms with Crippen molar-refractivity contribution in [3.05, 3.63) is 0 Å². The number of aliphatic hydroxyl groups excluding tert-OH is 2. The van der Waals surface area contributed by atoms with Crippen molar-refractivity contribution in [3.63, 3.8) is 0 Å². The summed E-state index contributed by atoms with van der Waals surface area (Å²) >= 11 is 0. The van der Waals surface area contributed by atoms with Crippen LogP contribution in [0.3, 0.4) is 0 Å². The van der Waals surface area contributed by atoms with Crippen LogP contribution in [0.1, 0.15) is 325 Å². The van der Waals surface area contributed by atoms with Crippen LogP contribution in [0.4, 0.5) is 0 Å². The zero-order valence-electron chi connectivity index (χ0n) is 43.4. The molecular weight excluding hydrogens is 825 g/mol. The van der Waals surface area contributed by atoms with E-state index < -0.39 is 0 Å². The minimum Gasteiger partial charge on any atom is -0.469 e. The van der Waals surface area contributed by atoms with Crippen LogP contribution in [0.2, 0.25) is 0 Å². The highest BCUT2D eigenvalue weighted by Crippen LogP contribution is 2.20. The standard InChI is InChI=1S/C37H72O5.C19H38O3.2CH4/c1-4-6-8-22-28-34(38)29-23-18-14-10-12-17-21-27-33-37(40)42-35(30-24-9-7-5-2)31-25-19-15-11-13-16-20-26-32-36(39)41-3;1-3-4-5-12-15-18(20)16-13-10-8-6-7-9-11-14-17-19(21)22-2;;/h34-35,38H,4-33H2,1-3H3;18,20H,3-17H2,1-2H3;2*1H4. The van der Waals surface area contributed by atoms with Gasteiger partial charge in [-0.15, -0.1) is 0 Å². The Morgan fingerprint density at radius 3 is 0.788 bits per heavy atom. The highest BCUT2D eigenvalue weighted by Gasteiger charge is 2.14. The number of carbonyl (C=O) groups is 3. The molecule has 2 N–H and O–H groups in total. The van der Waals surface area contributed by atoms with Crippen molar-refractivity contribution in [1.29, 1.82) is 0 Å². The zero-order valence-corrected chi connectivity index (χ0v) is 43.4. The Bertz CT molecular complexity index is 957. The summed E-state index contributed by atoms with van der Waals surface area (Å²) < 4.78 is 15.3. The molecule has 0 fully saturated rings. The second-order valence-corrected chi connectivity index (χ2v) is 19.2. The first-order valence-electron chi connectivity index (χ1n) is 27.9. The van der Waals surface area contributed by atoms with E-state index >= 15 is 0 Å². The smallest absolute Gasteiger partial charge is 0.306 e. The van der Waals surface area contributed by atoms with Gasteiger partial charge in [0.1, 0.15) is 6.10 Å². The predicted octanol–water partition coefficient (Wildman–Crippen LogP) is 17.8. The SMILES string of the molecule is C.C.CCCCCCC(O)CCCCCCCCCCC(=O)OC.CCCCCCC(O)CCCCCCCCCCC(=O)OC(CCCCCC)CCCCCCCCCCC(=O)OC. The quantitative estimate of drug-likeness (QED) is 0.0352. The monoisotopic (exact) mass is 943 g/mol. The van der Waals surface area contributed by atoms with Gasteiger partial charge in [-0.1, -0.05) is 235 Å². The molecule has 0 saturated carbocycles. The number of rotatable bonds is 49. The average Bonchev–Trinajstić information content (AvgIpc) is 3.29. The topological polar surface area (TPSA) is 119 Å². The van der Waals surface area contributed by atoms with Crippen molar-refractivity contribution in [1.82, 2.24) is 0 Å². The maximum absolute atomic E-state index is 12.6. The van der Waals surface area contributed by atoms with Gasteiger partial charge in [-0.05, 0) is 70.6 Å². The van der Waals surface area contributed by atoms with E-state index in [1.54, 1.807) is 0 Å². The molecule has 0 rings (SSSR count). The Hall–Kier alpha value is -1.67. The molecule has 8 heteroatoms. The first-order valence-corrected chi connectivity index (χ1v) is 27.9. The number of methoxy groups -OCH3 is 2.